The van der Waals surface area contributed by atoms with E-state index in [1.54, 1.807) is 6.20 Å². The van der Waals surface area contributed by atoms with Crippen LogP contribution in [0.15, 0.2) is 60.8 Å². The lowest BCUT2D eigenvalue weighted by molar-refractivity contribution is 0.00392. The highest BCUT2D eigenvalue weighted by atomic mass is 35.5. The topological polar surface area (TPSA) is 71.5 Å². The first kappa shape index (κ1) is 22.8. The number of nitrogens with one attached hydrogen (secondary N) is 1. The molecule has 2 aromatic carbocycles. The zero-order chi connectivity index (χ0) is 23.5. The Morgan fingerprint density at radius 3 is 2.68 bits per heavy atom. The molecule has 0 unspecified atom stereocenters. The SMILES string of the molecule is O=Cc1cccc2c1CC(=C(CCC1(O)CCNCC1)c1ccc(Cl)cc1)c1cccnc1O2. The van der Waals surface area contributed by atoms with E-state index in [-0.39, 0.29) is 0 Å². The van der Waals surface area contributed by atoms with E-state index < -0.39 is 5.60 Å². The van der Waals surface area contributed by atoms with Gasteiger partial charge in [-0.2, -0.15) is 0 Å². The smallest absolute Gasteiger partial charge is 0.226 e. The van der Waals surface area contributed by atoms with Gasteiger partial charge < -0.3 is 15.2 Å². The van der Waals surface area contributed by atoms with Crippen LogP contribution in [0, 0.1) is 0 Å². The number of hydrogen-bond acceptors (Lipinski definition) is 5. The van der Waals surface area contributed by atoms with Crippen LogP contribution in [0.2, 0.25) is 5.02 Å². The lowest BCUT2D eigenvalue weighted by Gasteiger charge is -2.33. The maximum atomic E-state index is 11.9. The molecule has 2 N–H and O–H groups in total. The van der Waals surface area contributed by atoms with Gasteiger partial charge in [0.25, 0.3) is 0 Å². The standard InChI is InChI=1S/C28H27ClN2O3/c29-21-8-6-19(7-9-21)22(10-11-28(33)12-15-30-16-13-28)25-17-24-20(18-32)3-1-5-26(24)34-27-23(25)4-2-14-31-27/h1-9,14,18,30,33H,10-13,15-17H2. The van der Waals surface area contributed by atoms with E-state index >= 15 is 0 Å². The van der Waals surface area contributed by atoms with Gasteiger partial charge in [-0.15, -0.1) is 0 Å². The molecule has 2 aliphatic rings. The number of pyridine rings is 1. The third-order valence-electron chi connectivity index (χ3n) is 6.88. The number of nitrogens with zero attached hydrogens (tertiary/aromatic N) is 1. The molecule has 0 radical (unpaired) electrons. The second-order valence-corrected chi connectivity index (χ2v) is 9.45. The van der Waals surface area contributed by atoms with E-state index in [0.717, 1.165) is 60.1 Å². The molecule has 0 atom stereocenters. The molecule has 1 aromatic heterocycles. The van der Waals surface area contributed by atoms with E-state index in [1.807, 2.05) is 54.6 Å². The Morgan fingerprint density at radius 1 is 1.12 bits per heavy atom. The van der Waals surface area contributed by atoms with Gasteiger partial charge in [-0.05, 0) is 85.8 Å². The first-order valence-electron chi connectivity index (χ1n) is 11.7. The van der Waals surface area contributed by atoms with E-state index in [4.69, 9.17) is 16.3 Å². The fourth-order valence-electron chi connectivity index (χ4n) is 4.95. The van der Waals surface area contributed by atoms with Gasteiger partial charge in [0.15, 0.2) is 0 Å². The Hall–Kier alpha value is -2.99. The molecule has 5 nitrogen and oxygen atoms in total. The summed E-state index contributed by atoms with van der Waals surface area (Å²) in [5.41, 5.74) is 4.85. The van der Waals surface area contributed by atoms with Crippen LogP contribution in [-0.4, -0.2) is 35.1 Å². The van der Waals surface area contributed by atoms with Gasteiger partial charge in [0.05, 0.1) is 5.60 Å². The van der Waals surface area contributed by atoms with Crippen molar-refractivity contribution in [1.29, 1.82) is 0 Å². The normalized spacial score (nSPS) is 18.2. The predicted molar refractivity (Wildman–Crippen MR) is 134 cm³/mol. The highest BCUT2D eigenvalue weighted by Gasteiger charge is 2.30. The maximum absolute atomic E-state index is 11.9. The van der Waals surface area contributed by atoms with Gasteiger partial charge in [-0.25, -0.2) is 4.98 Å². The molecule has 0 amide bonds. The lowest BCUT2D eigenvalue weighted by Crippen LogP contribution is -2.41. The van der Waals surface area contributed by atoms with Crippen molar-refractivity contribution in [1.82, 2.24) is 10.3 Å². The van der Waals surface area contributed by atoms with Gasteiger partial charge >= 0.3 is 0 Å². The van der Waals surface area contributed by atoms with Crippen molar-refractivity contribution in [2.45, 2.75) is 37.7 Å². The minimum Gasteiger partial charge on any atom is -0.438 e. The van der Waals surface area contributed by atoms with Crippen molar-refractivity contribution in [3.63, 3.8) is 0 Å². The van der Waals surface area contributed by atoms with Crippen LogP contribution in [-0.2, 0) is 6.42 Å². The Kier molecular flexibility index (Phi) is 6.50. The van der Waals surface area contributed by atoms with Crippen molar-refractivity contribution in [2.24, 2.45) is 0 Å². The largest absolute Gasteiger partial charge is 0.438 e. The van der Waals surface area contributed by atoms with Crippen LogP contribution >= 0.6 is 11.6 Å². The summed E-state index contributed by atoms with van der Waals surface area (Å²) in [6.07, 6.45) is 5.91. The maximum Gasteiger partial charge on any atom is 0.226 e. The summed E-state index contributed by atoms with van der Waals surface area (Å²) in [5, 5.41) is 15.2. The molecule has 1 saturated heterocycles. The number of allylic oxidation sites excluding steroid dienone is 2. The second kappa shape index (κ2) is 9.71. The molecule has 3 heterocycles. The molecule has 6 heteroatoms. The van der Waals surface area contributed by atoms with E-state index in [9.17, 15) is 9.90 Å². The van der Waals surface area contributed by atoms with E-state index in [0.29, 0.717) is 41.5 Å². The minimum absolute atomic E-state index is 0.520. The van der Waals surface area contributed by atoms with Crippen molar-refractivity contribution >= 4 is 29.0 Å². The third-order valence-corrected chi connectivity index (χ3v) is 7.14. The molecule has 0 bridgehead atoms. The average Bonchev–Trinajstić information content (AvgIpc) is 3.02. The van der Waals surface area contributed by atoms with Crippen LogP contribution in [0.5, 0.6) is 11.6 Å². The highest BCUT2D eigenvalue weighted by molar-refractivity contribution is 6.30. The van der Waals surface area contributed by atoms with Gasteiger partial charge in [0, 0.05) is 34.3 Å². The zero-order valence-electron chi connectivity index (χ0n) is 18.9. The number of aliphatic hydroxyl groups is 1. The van der Waals surface area contributed by atoms with Crippen molar-refractivity contribution in [2.75, 3.05) is 13.1 Å². The molecule has 2 aliphatic heterocycles. The van der Waals surface area contributed by atoms with Gasteiger partial charge in [0.1, 0.15) is 12.0 Å². The molecule has 5 rings (SSSR count). The molecular weight excluding hydrogens is 448 g/mol. The van der Waals surface area contributed by atoms with E-state index in [1.165, 1.54) is 0 Å². The van der Waals surface area contributed by atoms with Crippen LogP contribution in [0.3, 0.4) is 0 Å². The van der Waals surface area contributed by atoms with E-state index in [2.05, 4.69) is 10.3 Å². The monoisotopic (exact) mass is 474 g/mol. The minimum atomic E-state index is -0.700. The molecule has 0 spiro atoms. The van der Waals surface area contributed by atoms with Crippen molar-refractivity contribution < 1.29 is 14.6 Å². The number of aromatic nitrogens is 1. The second-order valence-electron chi connectivity index (χ2n) is 9.02. The zero-order valence-corrected chi connectivity index (χ0v) is 19.6. The molecular formula is C28H27ClN2O3. The summed E-state index contributed by atoms with van der Waals surface area (Å²) in [6, 6.07) is 17.2. The fraction of sp³-hybridized carbons (Fsp3) is 0.286. The lowest BCUT2D eigenvalue weighted by atomic mass is 9.82. The Bertz CT molecular complexity index is 1230. The number of piperidine rings is 1. The molecule has 1 fully saturated rings. The van der Waals surface area contributed by atoms with Gasteiger partial charge in [0.2, 0.25) is 5.88 Å². The first-order chi connectivity index (χ1) is 16.6. The first-order valence-corrected chi connectivity index (χ1v) is 12.1. The summed E-state index contributed by atoms with van der Waals surface area (Å²) in [6.45, 7) is 1.64. The summed E-state index contributed by atoms with van der Waals surface area (Å²) in [5.74, 6) is 1.17. The average molecular weight is 475 g/mol. The predicted octanol–water partition coefficient (Wildman–Crippen LogP) is 5.70. The highest BCUT2D eigenvalue weighted by Crippen LogP contribution is 2.44. The Morgan fingerprint density at radius 2 is 1.91 bits per heavy atom. The molecule has 34 heavy (non-hydrogen) atoms. The number of carbonyl (C=O) groups excluding carboxylic acids is 1. The third kappa shape index (κ3) is 4.64. The van der Waals surface area contributed by atoms with Crippen molar-refractivity contribution in [3.8, 4) is 11.6 Å². The Balaban J connectivity index is 1.67. The van der Waals surface area contributed by atoms with Crippen LogP contribution in [0.1, 0.15) is 52.7 Å². The summed E-state index contributed by atoms with van der Waals surface area (Å²) in [4.78, 5) is 16.4. The number of rotatable bonds is 5. The summed E-state index contributed by atoms with van der Waals surface area (Å²) < 4.78 is 6.21. The van der Waals surface area contributed by atoms with Crippen molar-refractivity contribution in [3.05, 3.63) is 88.1 Å². The summed E-state index contributed by atoms with van der Waals surface area (Å²) >= 11 is 6.20. The van der Waals surface area contributed by atoms with Crippen LogP contribution in [0.4, 0.5) is 0 Å². The number of hydrogen-bond donors (Lipinski definition) is 2. The van der Waals surface area contributed by atoms with Crippen LogP contribution in [0.25, 0.3) is 11.1 Å². The quantitative estimate of drug-likeness (QED) is 0.464. The number of benzene rings is 2. The van der Waals surface area contributed by atoms with Crippen LogP contribution < -0.4 is 10.1 Å². The number of fused-ring (bicyclic) bond motifs is 2. The van der Waals surface area contributed by atoms with Gasteiger partial charge in [-0.1, -0.05) is 35.9 Å². The molecule has 174 valence electrons. The van der Waals surface area contributed by atoms with Gasteiger partial charge in [-0.3, -0.25) is 4.79 Å². The fourth-order valence-corrected chi connectivity index (χ4v) is 5.07. The molecule has 0 saturated carbocycles. The Labute approximate surface area is 204 Å². The number of carbonyl (C=O) groups is 1. The number of ether oxygens (including phenoxy) is 1. The molecule has 0 aliphatic carbocycles. The molecule has 3 aromatic rings. The number of aldehydes is 1. The summed E-state index contributed by atoms with van der Waals surface area (Å²) in [7, 11) is 0. The number of halogens is 1.